The first kappa shape index (κ1) is 16.0. The summed E-state index contributed by atoms with van der Waals surface area (Å²) in [6, 6.07) is 7.28. The van der Waals surface area contributed by atoms with Crippen molar-refractivity contribution in [2.45, 2.75) is 13.5 Å². The molecular weight excluding hydrogens is 280 g/mol. The number of nitrogens with zero attached hydrogens (tertiary/aromatic N) is 3. The predicted molar refractivity (Wildman–Crippen MR) is 85.9 cm³/mol. The van der Waals surface area contributed by atoms with Crippen LogP contribution in [0.15, 0.2) is 30.5 Å². The van der Waals surface area contributed by atoms with Gasteiger partial charge in [0.1, 0.15) is 5.75 Å². The van der Waals surface area contributed by atoms with E-state index in [0.29, 0.717) is 13.1 Å². The van der Waals surface area contributed by atoms with Gasteiger partial charge >= 0.3 is 0 Å². The van der Waals surface area contributed by atoms with Crippen molar-refractivity contribution in [2.24, 2.45) is 7.05 Å². The molecule has 0 spiro atoms. The number of nitrogens with one attached hydrogen (secondary N) is 1. The Morgan fingerprint density at radius 2 is 2.05 bits per heavy atom. The molecule has 118 valence electrons. The summed E-state index contributed by atoms with van der Waals surface area (Å²) in [5.41, 5.74) is 2.88. The maximum Gasteiger partial charge on any atom is 0.238 e. The number of amides is 1. The zero-order valence-electron chi connectivity index (χ0n) is 13.5. The van der Waals surface area contributed by atoms with E-state index >= 15 is 0 Å². The fourth-order valence-electron chi connectivity index (χ4n) is 2.27. The third kappa shape index (κ3) is 4.33. The largest absolute Gasteiger partial charge is 0.497 e. The molecule has 2 aromatic rings. The molecule has 0 unspecified atom stereocenters. The molecule has 1 heterocycles. The number of aryl methyl sites for hydroxylation is 2. The molecule has 0 saturated heterocycles. The van der Waals surface area contributed by atoms with Gasteiger partial charge in [0.25, 0.3) is 0 Å². The van der Waals surface area contributed by atoms with Crippen LogP contribution in [-0.4, -0.2) is 41.3 Å². The lowest BCUT2D eigenvalue weighted by molar-refractivity contribution is -0.117. The maximum absolute atomic E-state index is 12.1. The highest BCUT2D eigenvalue weighted by molar-refractivity contribution is 5.92. The van der Waals surface area contributed by atoms with Crippen LogP contribution in [0.4, 0.5) is 5.69 Å². The van der Waals surface area contributed by atoms with E-state index in [4.69, 9.17) is 4.74 Å². The van der Waals surface area contributed by atoms with Gasteiger partial charge in [0.2, 0.25) is 5.91 Å². The first-order chi connectivity index (χ1) is 10.5. The fraction of sp³-hybridized carbons (Fsp3) is 0.375. The van der Waals surface area contributed by atoms with Crippen molar-refractivity contribution in [3.8, 4) is 5.75 Å². The van der Waals surface area contributed by atoms with Gasteiger partial charge in [-0.15, -0.1) is 0 Å². The van der Waals surface area contributed by atoms with Crippen LogP contribution in [0.2, 0.25) is 0 Å². The van der Waals surface area contributed by atoms with Crippen LogP contribution in [-0.2, 0) is 18.4 Å². The minimum atomic E-state index is -0.0470. The molecule has 2 rings (SSSR count). The monoisotopic (exact) mass is 302 g/mol. The van der Waals surface area contributed by atoms with E-state index < -0.39 is 0 Å². The van der Waals surface area contributed by atoms with Gasteiger partial charge in [-0.3, -0.25) is 14.4 Å². The molecule has 1 N–H and O–H groups in total. The number of aromatic nitrogens is 2. The third-order valence-corrected chi connectivity index (χ3v) is 3.34. The van der Waals surface area contributed by atoms with E-state index in [1.807, 2.05) is 56.4 Å². The van der Waals surface area contributed by atoms with Crippen LogP contribution < -0.4 is 10.1 Å². The molecule has 0 aliphatic heterocycles. The number of likely N-dealkylation sites (N-methyl/N-ethyl adjacent to an activating group) is 1. The molecular formula is C16H22N4O2. The van der Waals surface area contributed by atoms with Crippen LogP contribution in [0.1, 0.15) is 11.3 Å². The van der Waals surface area contributed by atoms with Crippen molar-refractivity contribution in [2.75, 3.05) is 26.0 Å². The summed E-state index contributed by atoms with van der Waals surface area (Å²) < 4.78 is 6.88. The average Bonchev–Trinajstić information content (AvgIpc) is 2.77. The summed E-state index contributed by atoms with van der Waals surface area (Å²) in [5, 5.41) is 7.18. The van der Waals surface area contributed by atoms with E-state index in [0.717, 1.165) is 22.7 Å². The Labute approximate surface area is 130 Å². The van der Waals surface area contributed by atoms with Crippen molar-refractivity contribution in [1.82, 2.24) is 14.7 Å². The van der Waals surface area contributed by atoms with Gasteiger partial charge in [0, 0.05) is 31.0 Å². The molecule has 0 atom stereocenters. The van der Waals surface area contributed by atoms with Gasteiger partial charge in [-0.05, 0) is 38.2 Å². The number of ether oxygens (including phenoxy) is 1. The number of anilines is 1. The van der Waals surface area contributed by atoms with Gasteiger partial charge in [0.05, 0.1) is 19.3 Å². The molecule has 0 aliphatic rings. The molecule has 0 fully saturated rings. The number of benzene rings is 1. The summed E-state index contributed by atoms with van der Waals surface area (Å²) >= 11 is 0. The van der Waals surface area contributed by atoms with E-state index in [-0.39, 0.29) is 5.91 Å². The maximum atomic E-state index is 12.1. The molecule has 1 aromatic carbocycles. The molecule has 1 amide bonds. The number of hydrogen-bond donors (Lipinski definition) is 1. The number of methoxy groups -OCH3 is 1. The zero-order chi connectivity index (χ0) is 16.1. The van der Waals surface area contributed by atoms with Crippen LogP contribution in [0, 0.1) is 6.92 Å². The van der Waals surface area contributed by atoms with Crippen molar-refractivity contribution in [3.63, 3.8) is 0 Å². The minimum absolute atomic E-state index is 0.0470. The highest BCUT2D eigenvalue weighted by atomic mass is 16.5. The standard InChI is InChI=1S/C16H22N4O2/c1-12-13(10-20(3)18-12)9-19(2)11-16(21)17-14-5-7-15(22-4)8-6-14/h5-8,10H,9,11H2,1-4H3,(H,17,21). The second-order valence-electron chi connectivity index (χ2n) is 5.36. The predicted octanol–water partition coefficient (Wildman–Crippen LogP) is 1.81. The number of hydrogen-bond acceptors (Lipinski definition) is 4. The minimum Gasteiger partial charge on any atom is -0.497 e. The molecule has 6 heteroatoms. The highest BCUT2D eigenvalue weighted by Crippen LogP contribution is 2.15. The number of carbonyl (C=O) groups is 1. The molecule has 22 heavy (non-hydrogen) atoms. The van der Waals surface area contributed by atoms with E-state index in [2.05, 4.69) is 10.4 Å². The van der Waals surface area contributed by atoms with Crippen LogP contribution in [0.3, 0.4) is 0 Å². The Hall–Kier alpha value is -2.34. The average molecular weight is 302 g/mol. The van der Waals surface area contributed by atoms with Gasteiger partial charge in [-0.25, -0.2) is 0 Å². The Bertz CT molecular complexity index is 634. The summed E-state index contributed by atoms with van der Waals surface area (Å²) in [6.07, 6.45) is 1.98. The van der Waals surface area contributed by atoms with Gasteiger partial charge in [-0.2, -0.15) is 5.10 Å². The molecule has 1 aromatic heterocycles. The highest BCUT2D eigenvalue weighted by Gasteiger charge is 2.10. The first-order valence-corrected chi connectivity index (χ1v) is 7.09. The SMILES string of the molecule is COc1ccc(NC(=O)CN(C)Cc2cn(C)nc2C)cc1. The topological polar surface area (TPSA) is 59.4 Å². The Morgan fingerprint density at radius 3 is 2.59 bits per heavy atom. The molecule has 0 radical (unpaired) electrons. The van der Waals surface area contributed by atoms with Gasteiger partial charge in [-0.1, -0.05) is 0 Å². The zero-order valence-corrected chi connectivity index (χ0v) is 13.5. The fourth-order valence-corrected chi connectivity index (χ4v) is 2.27. The second-order valence-corrected chi connectivity index (χ2v) is 5.36. The van der Waals surface area contributed by atoms with Gasteiger partial charge in [0.15, 0.2) is 0 Å². The van der Waals surface area contributed by atoms with Crippen molar-refractivity contribution in [1.29, 1.82) is 0 Å². The molecule has 0 bridgehead atoms. The van der Waals surface area contributed by atoms with Crippen molar-refractivity contribution < 1.29 is 9.53 Å². The molecule has 0 saturated carbocycles. The van der Waals surface area contributed by atoms with Gasteiger partial charge < -0.3 is 10.1 Å². The van der Waals surface area contributed by atoms with E-state index in [9.17, 15) is 4.79 Å². The number of carbonyl (C=O) groups excluding carboxylic acids is 1. The lowest BCUT2D eigenvalue weighted by atomic mass is 10.2. The van der Waals surface area contributed by atoms with E-state index in [1.165, 1.54) is 0 Å². The first-order valence-electron chi connectivity index (χ1n) is 7.09. The van der Waals surface area contributed by atoms with Crippen molar-refractivity contribution in [3.05, 3.63) is 41.7 Å². The Kier molecular flexibility index (Phi) is 5.16. The van der Waals surface area contributed by atoms with Crippen LogP contribution in [0.5, 0.6) is 5.75 Å². The summed E-state index contributed by atoms with van der Waals surface area (Å²) in [4.78, 5) is 14.0. The lowest BCUT2D eigenvalue weighted by Crippen LogP contribution is -2.29. The second kappa shape index (κ2) is 7.09. The molecule has 6 nitrogen and oxygen atoms in total. The lowest BCUT2D eigenvalue weighted by Gasteiger charge is -2.16. The summed E-state index contributed by atoms with van der Waals surface area (Å²) in [5.74, 6) is 0.719. The summed E-state index contributed by atoms with van der Waals surface area (Å²) in [7, 11) is 5.43. The summed E-state index contributed by atoms with van der Waals surface area (Å²) in [6.45, 7) is 2.98. The van der Waals surface area contributed by atoms with Crippen LogP contribution >= 0.6 is 0 Å². The number of rotatable bonds is 6. The van der Waals surface area contributed by atoms with Crippen LogP contribution in [0.25, 0.3) is 0 Å². The normalized spacial score (nSPS) is 10.8. The van der Waals surface area contributed by atoms with Crippen molar-refractivity contribution >= 4 is 11.6 Å². The van der Waals surface area contributed by atoms with E-state index in [1.54, 1.807) is 11.8 Å². The third-order valence-electron chi connectivity index (χ3n) is 3.34. The smallest absolute Gasteiger partial charge is 0.238 e. The Morgan fingerprint density at radius 1 is 1.36 bits per heavy atom. The Balaban J connectivity index is 1.86. The molecule has 0 aliphatic carbocycles. The quantitative estimate of drug-likeness (QED) is 0.884.